The second-order valence-corrected chi connectivity index (χ2v) is 13.7. The number of rotatable bonds is 4. The van der Waals surface area contributed by atoms with Crippen LogP contribution in [0.2, 0.25) is 9.36 Å². The summed E-state index contributed by atoms with van der Waals surface area (Å²) in [7, 11) is -2.38. The van der Waals surface area contributed by atoms with Gasteiger partial charge in [0.05, 0.1) is 14.9 Å². The Morgan fingerprint density at radius 3 is 2.52 bits per heavy atom. The number of benzene rings is 1. The van der Waals surface area contributed by atoms with E-state index in [1.807, 2.05) is 0 Å². The highest BCUT2D eigenvalue weighted by Crippen LogP contribution is 2.49. The lowest BCUT2D eigenvalue weighted by Gasteiger charge is -2.11. The SMILES string of the molecule is Cc1c(Cl)cccc1S(=O)(=O)Nc1nc2c(s1)CCc1c(Cl)sc(S(=O)(=O)Cl)c1-2. The van der Waals surface area contributed by atoms with Crippen molar-refractivity contribution in [3.63, 3.8) is 0 Å². The van der Waals surface area contributed by atoms with E-state index in [1.54, 1.807) is 19.1 Å². The van der Waals surface area contributed by atoms with E-state index in [0.717, 1.165) is 27.6 Å². The smallest absolute Gasteiger partial charge is 0.255 e. The zero-order chi connectivity index (χ0) is 21.1. The molecule has 154 valence electrons. The summed E-state index contributed by atoms with van der Waals surface area (Å²) in [5, 5.41) is 0.461. The van der Waals surface area contributed by atoms with E-state index in [4.69, 9.17) is 33.9 Å². The van der Waals surface area contributed by atoms with Crippen LogP contribution in [-0.4, -0.2) is 21.8 Å². The van der Waals surface area contributed by atoms with E-state index < -0.39 is 19.1 Å². The van der Waals surface area contributed by atoms with Crippen molar-refractivity contribution < 1.29 is 16.8 Å². The topological polar surface area (TPSA) is 93.2 Å². The van der Waals surface area contributed by atoms with Gasteiger partial charge >= 0.3 is 0 Å². The van der Waals surface area contributed by atoms with Gasteiger partial charge in [0, 0.05) is 26.1 Å². The lowest BCUT2D eigenvalue weighted by atomic mass is 9.98. The Labute approximate surface area is 189 Å². The number of halogens is 3. The van der Waals surface area contributed by atoms with E-state index in [1.165, 1.54) is 6.07 Å². The lowest BCUT2D eigenvalue weighted by molar-refractivity contribution is 0.600. The number of thiophene rings is 1. The fraction of sp³-hybridized carbons (Fsp3) is 0.188. The minimum atomic E-state index is -4.03. The van der Waals surface area contributed by atoms with Gasteiger partial charge in [-0.1, -0.05) is 29.3 Å². The molecule has 0 radical (unpaired) electrons. The van der Waals surface area contributed by atoms with Crippen LogP contribution in [0.3, 0.4) is 0 Å². The second-order valence-electron chi connectivity index (χ2n) is 6.21. The van der Waals surface area contributed by atoms with E-state index in [9.17, 15) is 16.8 Å². The van der Waals surface area contributed by atoms with Gasteiger partial charge < -0.3 is 0 Å². The predicted octanol–water partition coefficient (Wildman–Crippen LogP) is 5.31. The fourth-order valence-corrected chi connectivity index (χ4v) is 8.80. The van der Waals surface area contributed by atoms with Gasteiger partial charge in [-0.2, -0.15) is 0 Å². The molecule has 0 atom stereocenters. The Bertz CT molecular complexity index is 1360. The number of anilines is 1. The molecule has 0 fully saturated rings. The summed E-state index contributed by atoms with van der Waals surface area (Å²) in [6.45, 7) is 1.61. The summed E-state index contributed by atoms with van der Waals surface area (Å²) in [5.41, 5.74) is 1.83. The highest BCUT2D eigenvalue weighted by atomic mass is 35.7. The Morgan fingerprint density at radius 1 is 1.10 bits per heavy atom. The number of hydrogen-bond acceptors (Lipinski definition) is 7. The summed E-state index contributed by atoms with van der Waals surface area (Å²) < 4.78 is 52.4. The molecule has 2 aromatic heterocycles. The number of aryl methyl sites for hydroxylation is 1. The number of sulfonamides is 1. The van der Waals surface area contributed by atoms with Crippen molar-refractivity contribution >= 4 is 80.8 Å². The van der Waals surface area contributed by atoms with Gasteiger partial charge in [0.15, 0.2) is 5.13 Å². The molecule has 1 aromatic carbocycles. The minimum absolute atomic E-state index is 0.0430. The molecule has 29 heavy (non-hydrogen) atoms. The predicted molar refractivity (Wildman–Crippen MR) is 118 cm³/mol. The van der Waals surface area contributed by atoms with Gasteiger partial charge in [-0.25, -0.2) is 21.8 Å². The Kier molecular flexibility index (Phi) is 5.42. The largest absolute Gasteiger partial charge is 0.271 e. The quantitative estimate of drug-likeness (QED) is 0.462. The summed E-state index contributed by atoms with van der Waals surface area (Å²) >= 11 is 14.3. The Morgan fingerprint density at radius 2 is 1.83 bits per heavy atom. The average molecular weight is 530 g/mol. The van der Waals surface area contributed by atoms with Crippen LogP contribution in [0.1, 0.15) is 16.0 Å². The van der Waals surface area contributed by atoms with Crippen molar-refractivity contribution in [2.45, 2.75) is 28.9 Å². The van der Waals surface area contributed by atoms with Crippen LogP contribution in [0.5, 0.6) is 0 Å². The van der Waals surface area contributed by atoms with Crippen molar-refractivity contribution in [3.8, 4) is 11.3 Å². The molecule has 0 spiro atoms. The first-order chi connectivity index (χ1) is 13.5. The van der Waals surface area contributed by atoms with E-state index in [0.29, 0.717) is 44.6 Å². The number of aromatic nitrogens is 1. The van der Waals surface area contributed by atoms with Crippen LogP contribution in [0.15, 0.2) is 27.3 Å². The fourth-order valence-electron chi connectivity index (χ4n) is 3.10. The normalized spacial score (nSPS) is 13.8. The monoisotopic (exact) mass is 528 g/mol. The molecular formula is C16H11Cl3N2O4S4. The molecule has 3 aromatic rings. The van der Waals surface area contributed by atoms with E-state index in [-0.39, 0.29) is 14.2 Å². The van der Waals surface area contributed by atoms with E-state index in [2.05, 4.69) is 9.71 Å². The van der Waals surface area contributed by atoms with Crippen molar-refractivity contribution in [1.82, 2.24) is 4.98 Å². The van der Waals surface area contributed by atoms with Crippen LogP contribution in [0, 0.1) is 6.92 Å². The molecule has 1 aliphatic rings. The standard InChI is InChI=1S/C16H11Cl3N2O4S4/c1-7-9(17)3-2-4-11(7)29(24,25)21-16-20-13-10(26-16)6-5-8-12(13)15(27-14(8)18)28(19,22)23/h2-4H,5-6H2,1H3,(H,20,21). The Balaban J connectivity index is 1.79. The molecule has 0 bridgehead atoms. The first-order valence-corrected chi connectivity index (χ1v) is 14.2. The third-order valence-corrected chi connectivity index (χ3v) is 11.0. The molecule has 0 saturated heterocycles. The number of fused-ring (bicyclic) bond motifs is 3. The van der Waals surface area contributed by atoms with Gasteiger partial charge in [-0.05, 0) is 43.0 Å². The van der Waals surface area contributed by atoms with Crippen LogP contribution in [0.25, 0.3) is 11.3 Å². The maximum atomic E-state index is 12.8. The molecule has 1 aliphatic carbocycles. The lowest BCUT2D eigenvalue weighted by Crippen LogP contribution is -2.14. The summed E-state index contributed by atoms with van der Waals surface area (Å²) in [4.78, 5) is 5.16. The molecule has 0 amide bonds. The first-order valence-electron chi connectivity index (χ1n) is 8.03. The minimum Gasteiger partial charge on any atom is -0.255 e. The molecule has 6 nitrogen and oxygen atoms in total. The molecule has 2 heterocycles. The molecule has 1 N–H and O–H groups in total. The zero-order valence-corrected chi connectivity index (χ0v) is 20.0. The van der Waals surface area contributed by atoms with Crippen molar-refractivity contribution in [3.05, 3.63) is 43.6 Å². The van der Waals surface area contributed by atoms with Crippen LogP contribution < -0.4 is 4.72 Å². The first kappa shape index (κ1) is 21.4. The van der Waals surface area contributed by atoms with Crippen LogP contribution in [0.4, 0.5) is 5.13 Å². The maximum absolute atomic E-state index is 12.8. The summed E-state index contributed by atoms with van der Waals surface area (Å²) in [6, 6.07) is 4.61. The van der Waals surface area contributed by atoms with Gasteiger partial charge in [-0.3, -0.25) is 4.72 Å². The number of hydrogen-bond donors (Lipinski definition) is 1. The van der Waals surface area contributed by atoms with Gasteiger partial charge in [0.2, 0.25) is 0 Å². The molecule has 0 saturated carbocycles. The highest BCUT2D eigenvalue weighted by Gasteiger charge is 2.33. The van der Waals surface area contributed by atoms with E-state index >= 15 is 0 Å². The summed E-state index contributed by atoms with van der Waals surface area (Å²) in [6.07, 6.45) is 1.09. The average Bonchev–Trinajstić information content (AvgIpc) is 3.16. The van der Waals surface area contributed by atoms with Crippen LogP contribution in [-0.2, 0) is 31.9 Å². The molecule has 0 unspecified atom stereocenters. The molecule has 4 rings (SSSR count). The zero-order valence-electron chi connectivity index (χ0n) is 14.5. The van der Waals surface area contributed by atoms with Crippen molar-refractivity contribution in [2.24, 2.45) is 0 Å². The van der Waals surface area contributed by atoms with Gasteiger partial charge in [-0.15, -0.1) is 22.7 Å². The molecule has 0 aliphatic heterocycles. The van der Waals surface area contributed by atoms with Crippen molar-refractivity contribution in [1.29, 1.82) is 0 Å². The second kappa shape index (κ2) is 7.37. The van der Waals surface area contributed by atoms with Gasteiger partial charge in [0.25, 0.3) is 19.1 Å². The number of thiazole rings is 1. The van der Waals surface area contributed by atoms with Crippen LogP contribution >= 0.6 is 56.6 Å². The third kappa shape index (κ3) is 3.80. The number of nitrogens with one attached hydrogen (secondary N) is 1. The molecule has 13 heteroatoms. The van der Waals surface area contributed by atoms with Crippen molar-refractivity contribution in [2.75, 3.05) is 4.72 Å². The molecular weight excluding hydrogens is 519 g/mol. The Hall–Kier alpha value is -0.880. The third-order valence-electron chi connectivity index (χ3n) is 4.41. The van der Waals surface area contributed by atoms with Gasteiger partial charge in [0.1, 0.15) is 4.21 Å². The summed E-state index contributed by atoms with van der Waals surface area (Å²) in [5.74, 6) is 0. The maximum Gasteiger partial charge on any atom is 0.271 e. The number of nitrogens with zero attached hydrogens (tertiary/aromatic N) is 1. The highest BCUT2D eigenvalue weighted by molar-refractivity contribution is 8.15.